The van der Waals surface area contributed by atoms with Crippen molar-refractivity contribution >= 4 is 22.5 Å². The molecular weight excluding hydrogens is 291 g/mol. The monoisotopic (exact) mass is 304 g/mol. The minimum absolute atomic E-state index is 0.119. The molecule has 0 spiro atoms. The first-order valence-electron chi connectivity index (χ1n) is 6.60. The predicted octanol–water partition coefficient (Wildman–Crippen LogP) is 3.64. The van der Waals surface area contributed by atoms with Gasteiger partial charge < -0.3 is 5.11 Å². The van der Waals surface area contributed by atoms with Gasteiger partial charge in [-0.05, 0) is 18.2 Å². The van der Waals surface area contributed by atoms with Crippen molar-refractivity contribution in [1.29, 1.82) is 0 Å². The van der Waals surface area contributed by atoms with Gasteiger partial charge in [-0.1, -0.05) is 35.9 Å². The number of rotatable bonds is 3. The summed E-state index contributed by atoms with van der Waals surface area (Å²) in [5, 5.41) is 15.9. The third-order valence-electron chi connectivity index (χ3n) is 3.55. The zero-order valence-electron chi connectivity index (χ0n) is 11.4. The summed E-state index contributed by atoms with van der Waals surface area (Å²) in [6, 6.07) is 12.1. The number of aliphatic hydroxyl groups excluding tert-OH is 1. The lowest BCUT2D eigenvalue weighted by Gasteiger charge is -2.12. The molecule has 3 aromatic rings. The van der Waals surface area contributed by atoms with E-state index in [0.717, 1.165) is 16.6 Å². The van der Waals surface area contributed by atoms with Gasteiger partial charge in [-0.25, -0.2) is 4.39 Å². The highest BCUT2D eigenvalue weighted by molar-refractivity contribution is 6.31. The van der Waals surface area contributed by atoms with Crippen LogP contribution in [0.3, 0.4) is 0 Å². The summed E-state index contributed by atoms with van der Waals surface area (Å²) in [5.41, 5.74) is 1.81. The summed E-state index contributed by atoms with van der Waals surface area (Å²) in [6.45, 7) is 0. The van der Waals surface area contributed by atoms with E-state index in [2.05, 4.69) is 5.10 Å². The summed E-state index contributed by atoms with van der Waals surface area (Å²) in [5.74, 6) is -0.504. The molecule has 3 nitrogen and oxygen atoms in total. The molecule has 108 valence electrons. The van der Waals surface area contributed by atoms with E-state index in [-0.39, 0.29) is 17.0 Å². The van der Waals surface area contributed by atoms with Crippen LogP contribution in [0.2, 0.25) is 5.02 Å². The maximum atomic E-state index is 13.9. The normalized spacial score (nSPS) is 12.8. The van der Waals surface area contributed by atoms with Gasteiger partial charge in [0.1, 0.15) is 5.82 Å². The van der Waals surface area contributed by atoms with Crippen LogP contribution in [-0.2, 0) is 13.5 Å². The first-order valence-corrected chi connectivity index (χ1v) is 6.98. The van der Waals surface area contributed by atoms with E-state index < -0.39 is 11.9 Å². The minimum atomic E-state index is -1.03. The third-order valence-corrected chi connectivity index (χ3v) is 3.88. The molecule has 1 aromatic heterocycles. The Morgan fingerprint density at radius 3 is 2.76 bits per heavy atom. The molecule has 1 atom stereocenters. The van der Waals surface area contributed by atoms with Crippen LogP contribution in [0.25, 0.3) is 10.9 Å². The second-order valence-electron chi connectivity index (χ2n) is 4.94. The number of aryl methyl sites for hydroxylation is 1. The van der Waals surface area contributed by atoms with E-state index in [4.69, 9.17) is 11.6 Å². The zero-order valence-corrected chi connectivity index (χ0v) is 12.2. The van der Waals surface area contributed by atoms with E-state index in [9.17, 15) is 9.50 Å². The van der Waals surface area contributed by atoms with Crippen molar-refractivity contribution in [2.45, 2.75) is 12.5 Å². The van der Waals surface area contributed by atoms with Gasteiger partial charge in [-0.2, -0.15) is 5.10 Å². The topological polar surface area (TPSA) is 38.0 Å². The average Bonchev–Trinajstić information content (AvgIpc) is 2.76. The fraction of sp³-hybridized carbons (Fsp3) is 0.188. The van der Waals surface area contributed by atoms with E-state index >= 15 is 0 Å². The lowest BCUT2D eigenvalue weighted by Crippen LogP contribution is -2.06. The number of nitrogens with zero attached hydrogens (tertiary/aromatic N) is 2. The van der Waals surface area contributed by atoms with Crippen LogP contribution < -0.4 is 0 Å². The molecule has 0 saturated heterocycles. The van der Waals surface area contributed by atoms with Crippen LogP contribution in [0.4, 0.5) is 4.39 Å². The fourth-order valence-corrected chi connectivity index (χ4v) is 2.84. The molecule has 3 rings (SSSR count). The fourth-order valence-electron chi connectivity index (χ4n) is 2.55. The third kappa shape index (κ3) is 2.52. The van der Waals surface area contributed by atoms with Gasteiger partial charge in [0.05, 0.1) is 17.3 Å². The van der Waals surface area contributed by atoms with Gasteiger partial charge in [0, 0.05) is 29.4 Å². The number of hydrogen-bond acceptors (Lipinski definition) is 2. The lowest BCUT2D eigenvalue weighted by molar-refractivity contribution is 0.172. The standard InChI is InChI=1S/C16H14ClFN2O/c1-20-14-8-3-2-5-10(14)13(19-20)9-15(21)16-11(17)6-4-7-12(16)18/h2-8,15,21H,9H2,1H3. The van der Waals surface area contributed by atoms with Crippen molar-refractivity contribution in [3.05, 3.63) is 64.6 Å². The lowest BCUT2D eigenvalue weighted by atomic mass is 10.0. The average molecular weight is 305 g/mol. The second-order valence-corrected chi connectivity index (χ2v) is 5.35. The molecule has 2 aromatic carbocycles. The Kier molecular flexibility index (Phi) is 3.66. The molecule has 0 saturated carbocycles. The Morgan fingerprint density at radius 1 is 1.24 bits per heavy atom. The van der Waals surface area contributed by atoms with Gasteiger partial charge in [-0.15, -0.1) is 0 Å². The quantitative estimate of drug-likeness (QED) is 0.802. The van der Waals surface area contributed by atoms with Crippen LogP contribution in [-0.4, -0.2) is 14.9 Å². The molecular formula is C16H14ClFN2O. The molecule has 0 fully saturated rings. The Bertz CT molecular complexity index is 780. The molecule has 0 radical (unpaired) electrons. The van der Waals surface area contributed by atoms with Crippen LogP contribution in [0.5, 0.6) is 0 Å². The first kappa shape index (κ1) is 14.0. The number of aliphatic hydroxyl groups is 1. The Balaban J connectivity index is 1.99. The molecule has 1 unspecified atom stereocenters. The molecule has 5 heteroatoms. The van der Waals surface area contributed by atoms with Crippen molar-refractivity contribution in [1.82, 2.24) is 9.78 Å². The van der Waals surface area contributed by atoms with Crippen molar-refractivity contribution in [2.75, 3.05) is 0 Å². The van der Waals surface area contributed by atoms with Gasteiger partial charge >= 0.3 is 0 Å². The maximum Gasteiger partial charge on any atom is 0.130 e. The molecule has 1 N–H and O–H groups in total. The Labute approximate surface area is 126 Å². The SMILES string of the molecule is Cn1nc(CC(O)c2c(F)cccc2Cl)c2ccccc21. The van der Waals surface area contributed by atoms with Crippen LogP contribution >= 0.6 is 11.6 Å². The predicted molar refractivity (Wildman–Crippen MR) is 80.8 cm³/mol. The summed E-state index contributed by atoms with van der Waals surface area (Å²) in [6.07, 6.45) is -0.820. The number of benzene rings is 2. The van der Waals surface area contributed by atoms with E-state index in [1.165, 1.54) is 12.1 Å². The summed E-state index contributed by atoms with van der Waals surface area (Å²) in [4.78, 5) is 0. The van der Waals surface area contributed by atoms with Crippen molar-refractivity contribution in [3.63, 3.8) is 0 Å². The highest BCUT2D eigenvalue weighted by Gasteiger charge is 2.19. The summed E-state index contributed by atoms with van der Waals surface area (Å²) >= 11 is 5.99. The van der Waals surface area contributed by atoms with Gasteiger partial charge in [-0.3, -0.25) is 4.68 Å². The van der Waals surface area contributed by atoms with Gasteiger partial charge in [0.25, 0.3) is 0 Å². The molecule has 0 aliphatic carbocycles. The van der Waals surface area contributed by atoms with Crippen molar-refractivity contribution < 1.29 is 9.50 Å². The molecule has 0 bridgehead atoms. The van der Waals surface area contributed by atoms with E-state index in [1.807, 2.05) is 31.3 Å². The molecule has 1 heterocycles. The number of hydrogen-bond donors (Lipinski definition) is 1. The van der Waals surface area contributed by atoms with Gasteiger partial charge in [0.15, 0.2) is 0 Å². The molecule has 0 amide bonds. The molecule has 21 heavy (non-hydrogen) atoms. The second kappa shape index (κ2) is 5.47. The Morgan fingerprint density at radius 2 is 2.00 bits per heavy atom. The minimum Gasteiger partial charge on any atom is -0.388 e. The highest BCUT2D eigenvalue weighted by atomic mass is 35.5. The first-order chi connectivity index (χ1) is 10.1. The summed E-state index contributed by atoms with van der Waals surface area (Å²) < 4.78 is 15.6. The number of halogens is 2. The Hall–Kier alpha value is -1.91. The van der Waals surface area contributed by atoms with Gasteiger partial charge in [0.2, 0.25) is 0 Å². The molecule has 0 aliphatic heterocycles. The van der Waals surface area contributed by atoms with Crippen LogP contribution in [0.1, 0.15) is 17.4 Å². The summed E-state index contributed by atoms with van der Waals surface area (Å²) in [7, 11) is 1.84. The number of fused-ring (bicyclic) bond motifs is 1. The number of aromatic nitrogens is 2. The highest BCUT2D eigenvalue weighted by Crippen LogP contribution is 2.29. The van der Waals surface area contributed by atoms with Crippen LogP contribution in [0.15, 0.2) is 42.5 Å². The van der Waals surface area contributed by atoms with Crippen molar-refractivity contribution in [2.24, 2.45) is 7.05 Å². The van der Waals surface area contributed by atoms with Crippen molar-refractivity contribution in [3.8, 4) is 0 Å². The maximum absolute atomic E-state index is 13.9. The number of para-hydroxylation sites is 1. The smallest absolute Gasteiger partial charge is 0.130 e. The van der Waals surface area contributed by atoms with E-state index in [1.54, 1.807) is 10.7 Å². The largest absolute Gasteiger partial charge is 0.388 e. The van der Waals surface area contributed by atoms with E-state index in [0.29, 0.717) is 0 Å². The zero-order chi connectivity index (χ0) is 15.0. The van der Waals surface area contributed by atoms with Crippen LogP contribution in [0, 0.1) is 5.82 Å². The molecule has 0 aliphatic rings.